The molecule has 0 amide bonds. The molecule has 0 radical (unpaired) electrons. The maximum atomic E-state index is 2.41. The number of rotatable bonds is 3. The Labute approximate surface area is 135 Å². The van der Waals surface area contributed by atoms with Gasteiger partial charge in [0.25, 0.3) is 0 Å². The topological polar surface area (TPSA) is 0 Å². The maximum absolute atomic E-state index is 2.41. The van der Waals surface area contributed by atoms with Crippen LogP contribution in [0.15, 0.2) is 36.0 Å². The Kier molecular flexibility index (Phi) is 18.5. The van der Waals surface area contributed by atoms with E-state index in [0.717, 1.165) is 11.8 Å². The second kappa shape index (κ2) is 17.3. The van der Waals surface area contributed by atoms with Crippen LogP contribution < -0.4 is 0 Å². The average molecular weight is 293 g/mol. The van der Waals surface area contributed by atoms with Gasteiger partial charge in [-0.15, -0.1) is 0 Å². The minimum Gasteiger partial charge on any atom is -0.0877 e. The largest absolute Gasteiger partial charge is 0.0877 e. The third-order valence-electron chi connectivity index (χ3n) is 3.81. The van der Waals surface area contributed by atoms with Gasteiger partial charge >= 0.3 is 0 Å². The molecule has 0 bridgehead atoms. The van der Waals surface area contributed by atoms with Crippen LogP contribution in [-0.4, -0.2) is 0 Å². The first-order valence-corrected chi connectivity index (χ1v) is 9.23. The van der Waals surface area contributed by atoms with Gasteiger partial charge in [-0.3, -0.25) is 0 Å². The molecule has 1 fully saturated rings. The van der Waals surface area contributed by atoms with Crippen LogP contribution in [0, 0.1) is 11.8 Å². The van der Waals surface area contributed by atoms with Crippen molar-refractivity contribution in [1.29, 1.82) is 0 Å². The van der Waals surface area contributed by atoms with Crippen LogP contribution in [0.1, 0.15) is 87.0 Å². The predicted molar refractivity (Wildman–Crippen MR) is 101 cm³/mol. The molecule has 0 saturated heterocycles. The Morgan fingerprint density at radius 1 is 0.810 bits per heavy atom. The minimum atomic E-state index is 0.787. The van der Waals surface area contributed by atoms with E-state index in [4.69, 9.17) is 0 Å². The summed E-state index contributed by atoms with van der Waals surface area (Å²) in [6, 6.07) is 0. The van der Waals surface area contributed by atoms with Gasteiger partial charge in [0.1, 0.15) is 0 Å². The van der Waals surface area contributed by atoms with Crippen molar-refractivity contribution in [3.8, 4) is 0 Å². The lowest BCUT2D eigenvalue weighted by molar-refractivity contribution is 0.359. The van der Waals surface area contributed by atoms with Crippen LogP contribution in [-0.2, 0) is 0 Å². The second-order valence-corrected chi connectivity index (χ2v) is 5.36. The van der Waals surface area contributed by atoms with E-state index in [-0.39, 0.29) is 0 Å². The Morgan fingerprint density at radius 3 is 1.76 bits per heavy atom. The summed E-state index contributed by atoms with van der Waals surface area (Å²) in [4.78, 5) is 0. The molecule has 124 valence electrons. The molecule has 0 aromatic carbocycles. The van der Waals surface area contributed by atoms with Crippen molar-refractivity contribution in [2.45, 2.75) is 87.0 Å². The van der Waals surface area contributed by atoms with Crippen molar-refractivity contribution in [3.63, 3.8) is 0 Å². The maximum Gasteiger partial charge on any atom is -0.0162 e. The summed E-state index contributed by atoms with van der Waals surface area (Å²) >= 11 is 0. The van der Waals surface area contributed by atoms with Gasteiger partial charge in [-0.1, -0.05) is 90.7 Å². The Hall–Kier alpha value is -0.780. The molecule has 0 nitrogen and oxygen atoms in total. The summed E-state index contributed by atoms with van der Waals surface area (Å²) in [6.45, 7) is 14.6. The van der Waals surface area contributed by atoms with Crippen molar-refractivity contribution in [1.82, 2.24) is 0 Å². The molecule has 0 spiro atoms. The van der Waals surface area contributed by atoms with E-state index in [9.17, 15) is 0 Å². The zero-order valence-corrected chi connectivity index (χ0v) is 15.8. The Balaban J connectivity index is 0. The van der Waals surface area contributed by atoms with Gasteiger partial charge in [0.2, 0.25) is 0 Å². The fourth-order valence-corrected chi connectivity index (χ4v) is 2.77. The zero-order valence-electron chi connectivity index (χ0n) is 15.8. The van der Waals surface area contributed by atoms with Gasteiger partial charge < -0.3 is 0 Å². The molecule has 21 heavy (non-hydrogen) atoms. The highest BCUT2D eigenvalue weighted by molar-refractivity contribution is 5.26. The molecule has 1 rings (SSSR count). The SMILES string of the molecule is CC.CC.C\C=C/C=C(\C=C/C)C1CCCC(C)CCC1. The molecule has 0 aromatic heterocycles. The van der Waals surface area contributed by atoms with E-state index < -0.39 is 0 Å². The van der Waals surface area contributed by atoms with Crippen molar-refractivity contribution in [2.24, 2.45) is 11.8 Å². The minimum absolute atomic E-state index is 0.787. The predicted octanol–water partition coefficient (Wildman–Crippen LogP) is 7.72. The molecule has 0 heteroatoms. The highest BCUT2D eigenvalue weighted by Gasteiger charge is 2.16. The first kappa shape index (κ1) is 22.5. The Morgan fingerprint density at radius 2 is 1.33 bits per heavy atom. The number of hydrogen-bond donors (Lipinski definition) is 0. The third kappa shape index (κ3) is 11.5. The molecule has 1 saturated carbocycles. The van der Waals surface area contributed by atoms with E-state index >= 15 is 0 Å². The van der Waals surface area contributed by atoms with E-state index in [1.54, 1.807) is 0 Å². The van der Waals surface area contributed by atoms with Crippen LogP contribution in [0.5, 0.6) is 0 Å². The number of allylic oxidation sites excluding steroid dienone is 6. The second-order valence-electron chi connectivity index (χ2n) is 5.36. The quantitative estimate of drug-likeness (QED) is 0.467. The lowest BCUT2D eigenvalue weighted by Gasteiger charge is -2.23. The van der Waals surface area contributed by atoms with Gasteiger partial charge in [0, 0.05) is 0 Å². The monoisotopic (exact) mass is 292 g/mol. The van der Waals surface area contributed by atoms with Gasteiger partial charge in [-0.25, -0.2) is 0 Å². The lowest BCUT2D eigenvalue weighted by Crippen LogP contribution is -2.09. The van der Waals surface area contributed by atoms with Crippen molar-refractivity contribution in [3.05, 3.63) is 36.0 Å². The normalized spacial score (nSPS) is 23.7. The lowest BCUT2D eigenvalue weighted by atomic mass is 9.82. The first-order valence-electron chi connectivity index (χ1n) is 9.23. The van der Waals surface area contributed by atoms with E-state index in [2.05, 4.69) is 51.2 Å². The van der Waals surface area contributed by atoms with Crippen LogP contribution in [0.2, 0.25) is 0 Å². The molecule has 0 aromatic rings. The molecular weight excluding hydrogens is 252 g/mol. The summed E-state index contributed by atoms with van der Waals surface area (Å²) in [7, 11) is 0. The van der Waals surface area contributed by atoms with E-state index in [1.165, 1.54) is 44.1 Å². The third-order valence-corrected chi connectivity index (χ3v) is 3.81. The van der Waals surface area contributed by atoms with Crippen molar-refractivity contribution >= 4 is 0 Å². The summed E-state index contributed by atoms with van der Waals surface area (Å²) in [5, 5.41) is 0. The molecule has 1 aliphatic rings. The van der Waals surface area contributed by atoms with Gasteiger partial charge in [-0.2, -0.15) is 0 Å². The fourth-order valence-electron chi connectivity index (χ4n) is 2.77. The summed E-state index contributed by atoms with van der Waals surface area (Å²) in [5.74, 6) is 1.73. The smallest absolute Gasteiger partial charge is 0.0162 e. The standard InChI is InChI=1S/C17H28.2C2H6/c1-4-6-12-16(9-5-2)17-13-7-10-15(3)11-8-14-17;2*1-2/h4-6,9,12,15,17H,7-8,10-11,13-14H2,1-3H3;2*1-2H3/b6-4-,9-5-,16-12+;;. The average Bonchev–Trinajstić information content (AvgIpc) is 2.51. The summed E-state index contributed by atoms with van der Waals surface area (Å²) in [5.41, 5.74) is 1.53. The fraction of sp³-hybridized carbons (Fsp3) is 0.714. The van der Waals surface area contributed by atoms with Crippen LogP contribution in [0.3, 0.4) is 0 Å². The Bertz CT molecular complexity index is 270. The van der Waals surface area contributed by atoms with Crippen molar-refractivity contribution < 1.29 is 0 Å². The van der Waals surface area contributed by atoms with E-state index in [1.807, 2.05) is 27.7 Å². The van der Waals surface area contributed by atoms with Crippen LogP contribution in [0.4, 0.5) is 0 Å². The number of hydrogen-bond acceptors (Lipinski definition) is 0. The molecule has 0 atom stereocenters. The van der Waals surface area contributed by atoms with Gasteiger partial charge in [0.05, 0.1) is 0 Å². The zero-order chi connectivity index (χ0) is 16.5. The van der Waals surface area contributed by atoms with Gasteiger partial charge in [-0.05, 0) is 44.1 Å². The van der Waals surface area contributed by atoms with Crippen molar-refractivity contribution in [2.75, 3.05) is 0 Å². The summed E-state index contributed by atoms with van der Waals surface area (Å²) in [6.07, 6.45) is 19.5. The molecule has 0 unspecified atom stereocenters. The first-order chi connectivity index (χ1) is 10.3. The van der Waals surface area contributed by atoms with Gasteiger partial charge in [0.15, 0.2) is 0 Å². The summed E-state index contributed by atoms with van der Waals surface area (Å²) < 4.78 is 0. The highest BCUT2D eigenvalue weighted by atomic mass is 14.2. The molecule has 1 aliphatic carbocycles. The van der Waals surface area contributed by atoms with Crippen LogP contribution >= 0.6 is 0 Å². The molecular formula is C21H40. The van der Waals surface area contributed by atoms with E-state index in [0.29, 0.717) is 0 Å². The molecule has 0 aliphatic heterocycles. The highest BCUT2D eigenvalue weighted by Crippen LogP contribution is 2.30. The van der Waals surface area contributed by atoms with Crippen LogP contribution in [0.25, 0.3) is 0 Å². The molecule has 0 N–H and O–H groups in total. The molecule has 0 heterocycles.